The van der Waals surface area contributed by atoms with Crippen molar-refractivity contribution >= 4 is 44.6 Å². The number of sulfonamides is 1. The van der Waals surface area contributed by atoms with Crippen LogP contribution in [0.3, 0.4) is 0 Å². The molecule has 0 spiro atoms. The van der Waals surface area contributed by atoms with Crippen molar-refractivity contribution in [3.05, 3.63) is 101 Å². The number of esters is 1. The number of hydrogen-bond acceptors (Lipinski definition) is 6. The van der Waals surface area contributed by atoms with Crippen LogP contribution in [-0.2, 0) is 14.8 Å². The van der Waals surface area contributed by atoms with Crippen LogP contribution in [0.15, 0.2) is 95.9 Å². The molecule has 0 aliphatic rings. The number of thiophene rings is 1. The van der Waals surface area contributed by atoms with E-state index in [1.54, 1.807) is 49.4 Å². The van der Waals surface area contributed by atoms with E-state index < -0.39 is 21.9 Å². The maximum absolute atomic E-state index is 13.0. The quantitative estimate of drug-likeness (QED) is 0.301. The number of rotatable bonds is 8. The van der Waals surface area contributed by atoms with E-state index in [-0.39, 0.29) is 27.6 Å². The lowest BCUT2D eigenvalue weighted by atomic mass is 10.1. The highest BCUT2D eigenvalue weighted by Crippen LogP contribution is 2.35. The third-order valence-corrected chi connectivity index (χ3v) is 7.49. The van der Waals surface area contributed by atoms with Gasteiger partial charge in [-0.2, -0.15) is 0 Å². The highest BCUT2D eigenvalue weighted by atomic mass is 32.2. The summed E-state index contributed by atoms with van der Waals surface area (Å²) < 4.78 is 32.9. The predicted molar refractivity (Wildman–Crippen MR) is 137 cm³/mol. The SMILES string of the molecule is CCOC(=O)c1sc(-c2ccccc2)cc1NC(=O)c1cccc(NS(=O)(=O)c2ccccc2)c1. The summed E-state index contributed by atoms with van der Waals surface area (Å²) in [6.45, 7) is 1.91. The van der Waals surface area contributed by atoms with Gasteiger partial charge in [-0.3, -0.25) is 9.52 Å². The molecule has 0 aliphatic carbocycles. The summed E-state index contributed by atoms with van der Waals surface area (Å²) in [5.41, 5.74) is 1.69. The Morgan fingerprint density at radius 1 is 0.886 bits per heavy atom. The van der Waals surface area contributed by atoms with E-state index >= 15 is 0 Å². The van der Waals surface area contributed by atoms with Gasteiger partial charge >= 0.3 is 5.97 Å². The van der Waals surface area contributed by atoms with E-state index in [0.29, 0.717) is 5.69 Å². The number of benzene rings is 3. The first-order valence-electron chi connectivity index (χ1n) is 10.7. The molecule has 1 heterocycles. The smallest absolute Gasteiger partial charge is 0.350 e. The number of carbonyl (C=O) groups is 2. The third kappa shape index (κ3) is 5.76. The topological polar surface area (TPSA) is 102 Å². The van der Waals surface area contributed by atoms with Gasteiger partial charge in [-0.05, 0) is 48.9 Å². The van der Waals surface area contributed by atoms with Crippen LogP contribution in [0.4, 0.5) is 11.4 Å². The van der Waals surface area contributed by atoms with Gasteiger partial charge in [0.15, 0.2) is 0 Å². The van der Waals surface area contributed by atoms with Crippen LogP contribution in [0.5, 0.6) is 0 Å². The molecule has 0 aliphatic heterocycles. The average molecular weight is 507 g/mol. The fourth-order valence-corrected chi connectivity index (χ4v) is 5.39. The molecule has 4 aromatic rings. The lowest BCUT2D eigenvalue weighted by Crippen LogP contribution is -2.16. The molecule has 35 heavy (non-hydrogen) atoms. The molecule has 3 aromatic carbocycles. The second-order valence-electron chi connectivity index (χ2n) is 7.39. The molecule has 0 atom stereocenters. The molecule has 0 bridgehead atoms. The highest BCUT2D eigenvalue weighted by molar-refractivity contribution is 7.92. The van der Waals surface area contributed by atoms with E-state index in [0.717, 1.165) is 10.4 Å². The Morgan fingerprint density at radius 2 is 1.57 bits per heavy atom. The first-order valence-corrected chi connectivity index (χ1v) is 13.0. The lowest BCUT2D eigenvalue weighted by molar-refractivity contribution is 0.0533. The molecule has 2 N–H and O–H groups in total. The molecule has 1 amide bonds. The zero-order valence-corrected chi connectivity index (χ0v) is 20.4. The Bertz CT molecular complexity index is 1450. The van der Waals surface area contributed by atoms with E-state index in [2.05, 4.69) is 10.0 Å². The summed E-state index contributed by atoms with van der Waals surface area (Å²) in [4.78, 5) is 26.8. The van der Waals surface area contributed by atoms with Crippen molar-refractivity contribution in [2.45, 2.75) is 11.8 Å². The van der Waals surface area contributed by atoms with Crippen molar-refractivity contribution in [1.82, 2.24) is 0 Å². The maximum atomic E-state index is 13.0. The Balaban J connectivity index is 1.59. The van der Waals surface area contributed by atoms with E-state index in [1.807, 2.05) is 30.3 Å². The molecule has 1 aromatic heterocycles. The van der Waals surface area contributed by atoms with Gasteiger partial charge in [0.25, 0.3) is 15.9 Å². The van der Waals surface area contributed by atoms with Crippen molar-refractivity contribution in [3.63, 3.8) is 0 Å². The largest absolute Gasteiger partial charge is 0.462 e. The molecule has 7 nitrogen and oxygen atoms in total. The number of ether oxygens (including phenoxy) is 1. The van der Waals surface area contributed by atoms with Gasteiger partial charge in [-0.15, -0.1) is 11.3 Å². The number of amides is 1. The summed E-state index contributed by atoms with van der Waals surface area (Å²) in [6, 6.07) is 25.3. The van der Waals surface area contributed by atoms with Gasteiger partial charge in [-0.1, -0.05) is 54.6 Å². The predicted octanol–water partition coefficient (Wildman–Crippen LogP) is 5.64. The second kappa shape index (κ2) is 10.5. The van der Waals surface area contributed by atoms with Gasteiger partial charge in [0, 0.05) is 16.1 Å². The normalized spacial score (nSPS) is 11.0. The van der Waals surface area contributed by atoms with Crippen LogP contribution in [0.25, 0.3) is 10.4 Å². The van der Waals surface area contributed by atoms with Crippen molar-refractivity contribution in [1.29, 1.82) is 0 Å². The molecule has 0 fully saturated rings. The van der Waals surface area contributed by atoms with Gasteiger partial charge in [-0.25, -0.2) is 13.2 Å². The van der Waals surface area contributed by atoms with Crippen molar-refractivity contribution in [2.24, 2.45) is 0 Å². The second-order valence-corrected chi connectivity index (χ2v) is 10.1. The van der Waals surface area contributed by atoms with Crippen LogP contribution in [0.1, 0.15) is 27.0 Å². The van der Waals surface area contributed by atoms with E-state index in [4.69, 9.17) is 4.74 Å². The van der Waals surface area contributed by atoms with Crippen molar-refractivity contribution in [2.75, 3.05) is 16.6 Å². The fourth-order valence-electron chi connectivity index (χ4n) is 3.31. The molecule has 0 saturated heterocycles. The summed E-state index contributed by atoms with van der Waals surface area (Å²) in [5, 5.41) is 2.77. The van der Waals surface area contributed by atoms with Crippen LogP contribution >= 0.6 is 11.3 Å². The van der Waals surface area contributed by atoms with Crippen LogP contribution in [0, 0.1) is 0 Å². The number of hydrogen-bond donors (Lipinski definition) is 2. The molecule has 0 radical (unpaired) electrons. The molecule has 0 saturated carbocycles. The molecular weight excluding hydrogens is 484 g/mol. The van der Waals surface area contributed by atoms with Crippen molar-refractivity contribution in [3.8, 4) is 10.4 Å². The molecule has 0 unspecified atom stereocenters. The Labute approximate surface area is 207 Å². The summed E-state index contributed by atoms with van der Waals surface area (Å²) >= 11 is 1.23. The van der Waals surface area contributed by atoms with E-state index in [1.165, 1.54) is 29.5 Å². The Kier molecular flexibility index (Phi) is 7.28. The summed E-state index contributed by atoms with van der Waals surface area (Å²) in [7, 11) is -3.81. The van der Waals surface area contributed by atoms with Crippen LogP contribution in [-0.4, -0.2) is 26.9 Å². The minimum absolute atomic E-state index is 0.112. The summed E-state index contributed by atoms with van der Waals surface area (Å²) in [6.07, 6.45) is 0. The minimum atomic E-state index is -3.81. The third-order valence-electron chi connectivity index (χ3n) is 4.93. The Hall–Kier alpha value is -3.95. The fraction of sp³-hybridized carbons (Fsp3) is 0.0769. The van der Waals surface area contributed by atoms with Crippen molar-refractivity contribution < 1.29 is 22.7 Å². The van der Waals surface area contributed by atoms with Crippen LogP contribution < -0.4 is 10.0 Å². The monoisotopic (exact) mass is 506 g/mol. The van der Waals surface area contributed by atoms with Gasteiger partial charge < -0.3 is 10.1 Å². The molecular formula is C26H22N2O5S2. The number of anilines is 2. The minimum Gasteiger partial charge on any atom is -0.462 e. The zero-order valence-electron chi connectivity index (χ0n) is 18.7. The maximum Gasteiger partial charge on any atom is 0.350 e. The zero-order chi connectivity index (χ0) is 24.8. The van der Waals surface area contributed by atoms with Gasteiger partial charge in [0.05, 0.1) is 17.2 Å². The molecule has 9 heteroatoms. The van der Waals surface area contributed by atoms with Gasteiger partial charge in [0.2, 0.25) is 0 Å². The molecule has 178 valence electrons. The lowest BCUT2D eigenvalue weighted by Gasteiger charge is -2.10. The highest BCUT2D eigenvalue weighted by Gasteiger charge is 2.21. The van der Waals surface area contributed by atoms with Gasteiger partial charge in [0.1, 0.15) is 4.88 Å². The average Bonchev–Trinajstić information content (AvgIpc) is 3.29. The number of carbonyl (C=O) groups excluding carboxylic acids is 2. The Morgan fingerprint density at radius 3 is 2.26 bits per heavy atom. The first kappa shape index (κ1) is 24.2. The standard InChI is InChI=1S/C26H22N2O5S2/c1-2-33-26(30)24-22(17-23(34-24)18-10-5-3-6-11-18)27-25(29)19-12-9-13-20(16-19)28-35(31,32)21-14-7-4-8-15-21/h3-17,28H,2H2,1H3,(H,27,29). The number of nitrogens with one attached hydrogen (secondary N) is 2. The summed E-state index contributed by atoms with van der Waals surface area (Å²) in [5.74, 6) is -1.02. The molecule has 4 rings (SSSR count). The van der Waals surface area contributed by atoms with E-state index in [9.17, 15) is 18.0 Å². The first-order chi connectivity index (χ1) is 16.9. The van der Waals surface area contributed by atoms with Crippen LogP contribution in [0.2, 0.25) is 0 Å².